The van der Waals surface area contributed by atoms with E-state index in [2.05, 4.69) is 60.3 Å². The topological polar surface area (TPSA) is 38.0 Å². The highest BCUT2D eigenvalue weighted by Gasteiger charge is 2.13. The fourth-order valence-electron chi connectivity index (χ4n) is 1.74. The predicted molar refractivity (Wildman–Crippen MR) is 73.0 cm³/mol. The van der Waals surface area contributed by atoms with E-state index in [0.29, 0.717) is 5.92 Å². The molecule has 1 aromatic carbocycles. The van der Waals surface area contributed by atoms with Crippen molar-refractivity contribution >= 4 is 15.9 Å². The van der Waals surface area contributed by atoms with Crippen molar-refractivity contribution in [2.45, 2.75) is 39.7 Å². The van der Waals surface area contributed by atoms with E-state index in [1.165, 1.54) is 17.5 Å². The van der Waals surface area contributed by atoms with Crippen LogP contribution < -0.4 is 11.3 Å². The first-order chi connectivity index (χ1) is 7.54. The summed E-state index contributed by atoms with van der Waals surface area (Å²) < 4.78 is 1.14. The van der Waals surface area contributed by atoms with Gasteiger partial charge in [-0.25, -0.2) is 0 Å². The highest BCUT2D eigenvalue weighted by atomic mass is 79.9. The van der Waals surface area contributed by atoms with E-state index in [1.807, 2.05) is 0 Å². The van der Waals surface area contributed by atoms with Crippen LogP contribution in [0.5, 0.6) is 0 Å². The summed E-state index contributed by atoms with van der Waals surface area (Å²) in [6, 6.07) is 6.64. The zero-order chi connectivity index (χ0) is 12.1. The molecule has 0 fully saturated rings. The molecule has 2 nitrogen and oxygen atoms in total. The molecule has 0 aliphatic carbocycles. The quantitative estimate of drug-likeness (QED) is 0.639. The average Bonchev–Trinajstić information content (AvgIpc) is 2.21. The Balaban J connectivity index is 2.78. The molecule has 0 spiro atoms. The summed E-state index contributed by atoms with van der Waals surface area (Å²) in [5.74, 6) is 6.34. The van der Waals surface area contributed by atoms with Crippen LogP contribution in [0.25, 0.3) is 0 Å². The van der Waals surface area contributed by atoms with E-state index >= 15 is 0 Å². The van der Waals surface area contributed by atoms with Crippen LogP contribution in [0.4, 0.5) is 0 Å². The van der Waals surface area contributed by atoms with Gasteiger partial charge in [0.25, 0.3) is 0 Å². The van der Waals surface area contributed by atoms with Gasteiger partial charge < -0.3 is 0 Å². The van der Waals surface area contributed by atoms with Crippen LogP contribution in [0.15, 0.2) is 22.7 Å². The van der Waals surface area contributed by atoms with Crippen LogP contribution in [-0.2, 0) is 0 Å². The smallest absolute Gasteiger partial charge is 0.0471 e. The van der Waals surface area contributed by atoms with Gasteiger partial charge in [0.2, 0.25) is 0 Å². The SMILES string of the molecule is Cc1ccc(C(CCC(C)C)NN)c(Br)c1. The normalized spacial score (nSPS) is 13.1. The van der Waals surface area contributed by atoms with Crippen molar-refractivity contribution in [2.75, 3.05) is 0 Å². The third-order valence-corrected chi connectivity index (χ3v) is 3.45. The van der Waals surface area contributed by atoms with Gasteiger partial charge in [-0.2, -0.15) is 0 Å². The van der Waals surface area contributed by atoms with Crippen molar-refractivity contribution in [3.63, 3.8) is 0 Å². The Morgan fingerprint density at radius 3 is 2.50 bits per heavy atom. The second-order valence-corrected chi connectivity index (χ2v) is 5.57. The maximum Gasteiger partial charge on any atom is 0.0471 e. The minimum atomic E-state index is 0.234. The number of rotatable bonds is 5. The molecule has 1 unspecified atom stereocenters. The molecule has 0 bridgehead atoms. The Hall–Kier alpha value is -0.380. The van der Waals surface area contributed by atoms with Crippen LogP contribution in [0.1, 0.15) is 43.9 Å². The summed E-state index contributed by atoms with van der Waals surface area (Å²) in [4.78, 5) is 0. The first-order valence-electron chi connectivity index (χ1n) is 5.76. The molecule has 0 radical (unpaired) electrons. The first-order valence-corrected chi connectivity index (χ1v) is 6.56. The number of hydrogen-bond donors (Lipinski definition) is 2. The lowest BCUT2D eigenvalue weighted by molar-refractivity contribution is 0.447. The predicted octanol–water partition coefficient (Wildman–Crippen LogP) is 3.70. The van der Waals surface area contributed by atoms with Crippen LogP contribution >= 0.6 is 15.9 Å². The molecule has 3 N–H and O–H groups in total. The molecular weight excluding hydrogens is 264 g/mol. The maximum absolute atomic E-state index is 5.63. The number of hydrazine groups is 1. The summed E-state index contributed by atoms with van der Waals surface area (Å²) in [5, 5.41) is 0. The molecule has 1 aromatic rings. The highest BCUT2D eigenvalue weighted by molar-refractivity contribution is 9.10. The minimum Gasteiger partial charge on any atom is -0.271 e. The lowest BCUT2D eigenvalue weighted by Gasteiger charge is -2.19. The molecule has 0 aliphatic rings. The van der Waals surface area contributed by atoms with Gasteiger partial charge in [0.1, 0.15) is 0 Å². The Bertz CT molecular complexity index is 337. The minimum absolute atomic E-state index is 0.234. The van der Waals surface area contributed by atoms with Crippen molar-refractivity contribution in [1.82, 2.24) is 5.43 Å². The first kappa shape index (κ1) is 13.7. The fourth-order valence-corrected chi connectivity index (χ4v) is 2.51. The van der Waals surface area contributed by atoms with Crippen molar-refractivity contribution in [3.05, 3.63) is 33.8 Å². The summed E-state index contributed by atoms with van der Waals surface area (Å²) in [6.07, 6.45) is 2.24. The van der Waals surface area contributed by atoms with E-state index in [1.54, 1.807) is 0 Å². The number of aryl methyl sites for hydroxylation is 1. The van der Waals surface area contributed by atoms with Gasteiger partial charge in [-0.3, -0.25) is 11.3 Å². The monoisotopic (exact) mass is 284 g/mol. The van der Waals surface area contributed by atoms with Crippen molar-refractivity contribution < 1.29 is 0 Å². The molecular formula is C13H21BrN2. The number of nitrogens with one attached hydrogen (secondary N) is 1. The van der Waals surface area contributed by atoms with E-state index in [4.69, 9.17) is 5.84 Å². The fraction of sp³-hybridized carbons (Fsp3) is 0.538. The third kappa shape index (κ3) is 3.89. The molecule has 0 aliphatic heterocycles. The summed E-state index contributed by atoms with van der Waals surface area (Å²) >= 11 is 3.60. The van der Waals surface area contributed by atoms with E-state index in [-0.39, 0.29) is 6.04 Å². The summed E-state index contributed by atoms with van der Waals surface area (Å²) in [7, 11) is 0. The molecule has 0 amide bonds. The molecule has 16 heavy (non-hydrogen) atoms. The van der Waals surface area contributed by atoms with Crippen molar-refractivity contribution in [2.24, 2.45) is 11.8 Å². The number of nitrogens with two attached hydrogens (primary N) is 1. The number of hydrogen-bond acceptors (Lipinski definition) is 2. The van der Waals surface area contributed by atoms with Gasteiger partial charge in [0.15, 0.2) is 0 Å². The molecule has 90 valence electrons. The lowest BCUT2D eigenvalue weighted by Crippen LogP contribution is -2.28. The number of benzene rings is 1. The van der Waals surface area contributed by atoms with Crippen molar-refractivity contribution in [1.29, 1.82) is 0 Å². The zero-order valence-electron chi connectivity index (χ0n) is 10.3. The van der Waals surface area contributed by atoms with Crippen LogP contribution in [0.3, 0.4) is 0 Å². The molecule has 0 heterocycles. The summed E-state index contributed by atoms with van der Waals surface area (Å²) in [6.45, 7) is 6.56. The Morgan fingerprint density at radius 2 is 2.00 bits per heavy atom. The number of halogens is 1. The molecule has 1 rings (SSSR count). The van der Waals surface area contributed by atoms with Gasteiger partial charge in [0.05, 0.1) is 0 Å². The van der Waals surface area contributed by atoms with Crippen molar-refractivity contribution in [3.8, 4) is 0 Å². The maximum atomic E-state index is 5.63. The van der Waals surface area contributed by atoms with E-state index in [9.17, 15) is 0 Å². The standard InChI is InChI=1S/C13H21BrN2/c1-9(2)4-7-13(16-15)11-6-5-10(3)8-12(11)14/h5-6,8-9,13,16H,4,7,15H2,1-3H3. The van der Waals surface area contributed by atoms with Gasteiger partial charge in [-0.1, -0.05) is 41.9 Å². The molecule has 3 heteroatoms. The average molecular weight is 285 g/mol. The van der Waals surface area contributed by atoms with Gasteiger partial charge in [-0.05, 0) is 42.9 Å². The van der Waals surface area contributed by atoms with Gasteiger partial charge in [-0.15, -0.1) is 0 Å². The van der Waals surface area contributed by atoms with Gasteiger partial charge >= 0.3 is 0 Å². The second-order valence-electron chi connectivity index (χ2n) is 4.72. The molecule has 0 saturated heterocycles. The lowest BCUT2D eigenvalue weighted by atomic mass is 9.97. The van der Waals surface area contributed by atoms with E-state index < -0.39 is 0 Å². The Kier molecular flexibility index (Phi) is 5.46. The van der Waals surface area contributed by atoms with Crippen LogP contribution in [0.2, 0.25) is 0 Å². The molecule has 1 atom stereocenters. The highest BCUT2D eigenvalue weighted by Crippen LogP contribution is 2.28. The summed E-state index contributed by atoms with van der Waals surface area (Å²) in [5.41, 5.74) is 5.41. The molecule has 0 aromatic heterocycles. The van der Waals surface area contributed by atoms with Crippen LogP contribution in [-0.4, -0.2) is 0 Å². The Morgan fingerprint density at radius 1 is 1.31 bits per heavy atom. The van der Waals surface area contributed by atoms with Crippen LogP contribution in [0, 0.1) is 12.8 Å². The van der Waals surface area contributed by atoms with E-state index in [0.717, 1.165) is 10.9 Å². The zero-order valence-corrected chi connectivity index (χ0v) is 11.8. The second kappa shape index (κ2) is 6.38. The Labute approximate surface area is 107 Å². The van der Waals surface area contributed by atoms with Gasteiger partial charge in [0, 0.05) is 10.5 Å². The third-order valence-electron chi connectivity index (χ3n) is 2.77. The molecule has 0 saturated carbocycles. The largest absolute Gasteiger partial charge is 0.271 e.